The average molecular weight is 384 g/mol. The van der Waals surface area contributed by atoms with Crippen molar-refractivity contribution in [3.8, 4) is 0 Å². The van der Waals surface area contributed by atoms with Gasteiger partial charge in [-0.15, -0.1) is 11.8 Å². The minimum Gasteiger partial charge on any atom is -0.371 e. The Morgan fingerprint density at radius 2 is 1.78 bits per heavy atom. The van der Waals surface area contributed by atoms with Gasteiger partial charge in [0.1, 0.15) is 0 Å². The van der Waals surface area contributed by atoms with E-state index in [1.54, 1.807) is 11.8 Å². The fraction of sp³-hybridized carbons (Fsp3) is 0.409. The molecule has 1 heterocycles. The molecule has 27 heavy (non-hydrogen) atoms. The third-order valence-electron chi connectivity index (χ3n) is 4.92. The zero-order chi connectivity index (χ0) is 19.1. The Bertz CT molecular complexity index is 741. The van der Waals surface area contributed by atoms with Gasteiger partial charge < -0.3 is 10.2 Å². The van der Waals surface area contributed by atoms with Crippen LogP contribution in [-0.2, 0) is 11.3 Å². The summed E-state index contributed by atoms with van der Waals surface area (Å²) in [7, 11) is 2.00. The second-order valence-corrected chi connectivity index (χ2v) is 8.01. The Hall–Kier alpha value is -1.98. The smallest absolute Gasteiger partial charge is 0.238 e. The van der Waals surface area contributed by atoms with Gasteiger partial charge in [0.15, 0.2) is 0 Å². The molecule has 1 amide bonds. The highest BCUT2D eigenvalue weighted by Gasteiger charge is 2.16. The molecule has 1 fully saturated rings. The van der Waals surface area contributed by atoms with E-state index in [9.17, 15) is 4.79 Å². The van der Waals surface area contributed by atoms with E-state index in [1.807, 2.05) is 37.6 Å². The summed E-state index contributed by atoms with van der Waals surface area (Å²) in [5.74, 6) is 0.0184. The van der Waals surface area contributed by atoms with Crippen LogP contribution in [-0.4, -0.2) is 43.7 Å². The molecule has 1 aliphatic heterocycles. The summed E-state index contributed by atoms with van der Waals surface area (Å²) in [5, 5.41) is 2.99. The maximum atomic E-state index is 12.4. The number of piperidine rings is 1. The monoisotopic (exact) mass is 383 g/mol. The molecule has 144 valence electrons. The van der Waals surface area contributed by atoms with Gasteiger partial charge in [0.05, 0.1) is 6.54 Å². The number of nitrogens with zero attached hydrogens (tertiary/aromatic N) is 2. The van der Waals surface area contributed by atoms with Gasteiger partial charge in [0.25, 0.3) is 0 Å². The zero-order valence-corrected chi connectivity index (χ0v) is 17.1. The van der Waals surface area contributed by atoms with E-state index in [2.05, 4.69) is 39.4 Å². The van der Waals surface area contributed by atoms with E-state index in [-0.39, 0.29) is 5.91 Å². The molecule has 0 unspecified atom stereocenters. The third-order valence-corrected chi connectivity index (χ3v) is 5.66. The number of hydrogen-bond donors (Lipinski definition) is 1. The number of anilines is 2. The zero-order valence-electron chi connectivity index (χ0n) is 16.3. The molecule has 1 aliphatic rings. The Labute approximate surface area is 166 Å². The number of amides is 1. The molecule has 0 aromatic heterocycles. The van der Waals surface area contributed by atoms with Crippen molar-refractivity contribution in [2.45, 2.75) is 30.7 Å². The number of para-hydroxylation sites is 1. The normalized spacial score (nSPS) is 14.4. The molecular formula is C22H29N3OS. The molecule has 4 nitrogen and oxygen atoms in total. The molecule has 1 saturated heterocycles. The number of thioether (sulfide) groups is 1. The van der Waals surface area contributed by atoms with E-state index in [0.717, 1.165) is 25.3 Å². The van der Waals surface area contributed by atoms with Crippen molar-refractivity contribution < 1.29 is 4.79 Å². The summed E-state index contributed by atoms with van der Waals surface area (Å²) in [5.41, 5.74) is 3.45. The van der Waals surface area contributed by atoms with Crippen LogP contribution in [0.25, 0.3) is 0 Å². The lowest BCUT2D eigenvalue weighted by Gasteiger charge is -2.31. The highest BCUT2D eigenvalue weighted by molar-refractivity contribution is 7.98. The van der Waals surface area contributed by atoms with Crippen molar-refractivity contribution in [1.82, 2.24) is 4.90 Å². The summed E-state index contributed by atoms with van der Waals surface area (Å²) in [6, 6.07) is 16.5. The van der Waals surface area contributed by atoms with E-state index in [1.165, 1.54) is 35.4 Å². The summed E-state index contributed by atoms with van der Waals surface area (Å²) in [6.45, 7) is 3.41. The van der Waals surface area contributed by atoms with Crippen LogP contribution in [0.2, 0.25) is 0 Å². The summed E-state index contributed by atoms with van der Waals surface area (Å²) >= 11 is 1.70. The van der Waals surface area contributed by atoms with Crippen LogP contribution < -0.4 is 10.2 Å². The maximum absolute atomic E-state index is 12.4. The van der Waals surface area contributed by atoms with Gasteiger partial charge in [-0.3, -0.25) is 9.69 Å². The molecular weight excluding hydrogens is 354 g/mol. The highest BCUT2D eigenvalue weighted by Crippen LogP contribution is 2.25. The quantitative estimate of drug-likeness (QED) is 0.716. The summed E-state index contributed by atoms with van der Waals surface area (Å²) in [6.07, 6.45) is 5.91. The van der Waals surface area contributed by atoms with Gasteiger partial charge in [-0.05, 0) is 68.5 Å². The minimum absolute atomic E-state index is 0.0184. The Balaban J connectivity index is 1.57. The number of rotatable bonds is 7. The third kappa shape index (κ3) is 5.75. The van der Waals surface area contributed by atoms with Crippen LogP contribution in [0.4, 0.5) is 11.4 Å². The van der Waals surface area contributed by atoms with E-state index in [0.29, 0.717) is 6.54 Å². The number of carbonyl (C=O) groups excluding carboxylic acids is 1. The van der Waals surface area contributed by atoms with Crippen LogP contribution in [0, 0.1) is 0 Å². The highest BCUT2D eigenvalue weighted by atomic mass is 32.2. The molecule has 0 saturated carbocycles. The first-order chi connectivity index (χ1) is 13.2. The number of carbonyl (C=O) groups is 1. The fourth-order valence-electron chi connectivity index (χ4n) is 3.55. The first-order valence-electron chi connectivity index (χ1n) is 9.61. The van der Waals surface area contributed by atoms with Gasteiger partial charge in [-0.2, -0.15) is 0 Å². The van der Waals surface area contributed by atoms with Crippen LogP contribution in [0.1, 0.15) is 24.8 Å². The molecule has 5 heteroatoms. The first-order valence-corrected chi connectivity index (χ1v) is 10.8. The van der Waals surface area contributed by atoms with Gasteiger partial charge in [-0.25, -0.2) is 0 Å². The molecule has 2 aromatic rings. The SMILES string of the molecule is CSc1ccc(NC(=O)CN(C)Cc2ccccc2N2CCCCC2)cc1. The molecule has 0 bridgehead atoms. The lowest BCUT2D eigenvalue weighted by atomic mass is 10.1. The standard InChI is InChI=1S/C22H29N3OS/c1-24(17-22(26)23-19-10-12-20(27-2)13-11-19)16-18-8-4-5-9-21(18)25-14-6-3-7-15-25/h4-5,8-13H,3,6-7,14-17H2,1-2H3,(H,23,26). The largest absolute Gasteiger partial charge is 0.371 e. The molecule has 0 radical (unpaired) electrons. The molecule has 2 aromatic carbocycles. The van der Waals surface area contributed by atoms with Gasteiger partial charge in [0, 0.05) is 35.9 Å². The maximum Gasteiger partial charge on any atom is 0.238 e. The van der Waals surface area contributed by atoms with E-state index in [4.69, 9.17) is 0 Å². The molecule has 0 aliphatic carbocycles. The van der Waals surface area contributed by atoms with Crippen molar-refractivity contribution in [3.05, 3.63) is 54.1 Å². The van der Waals surface area contributed by atoms with Crippen LogP contribution in [0.5, 0.6) is 0 Å². The van der Waals surface area contributed by atoms with Crippen molar-refractivity contribution in [2.75, 3.05) is 43.2 Å². The molecule has 0 atom stereocenters. The molecule has 1 N–H and O–H groups in total. The van der Waals surface area contributed by atoms with Crippen molar-refractivity contribution in [2.24, 2.45) is 0 Å². The lowest BCUT2D eigenvalue weighted by molar-refractivity contribution is -0.117. The summed E-state index contributed by atoms with van der Waals surface area (Å²) in [4.78, 5) is 18.1. The first kappa shape index (κ1) is 19.8. The lowest BCUT2D eigenvalue weighted by Crippen LogP contribution is -2.32. The Morgan fingerprint density at radius 1 is 1.07 bits per heavy atom. The minimum atomic E-state index is 0.0184. The van der Waals surface area contributed by atoms with E-state index < -0.39 is 0 Å². The van der Waals surface area contributed by atoms with Gasteiger partial charge in [-0.1, -0.05) is 18.2 Å². The van der Waals surface area contributed by atoms with Crippen molar-refractivity contribution >= 4 is 29.0 Å². The number of nitrogens with one attached hydrogen (secondary N) is 1. The predicted octanol–water partition coefficient (Wildman–Crippen LogP) is 4.47. The molecule has 3 rings (SSSR count). The van der Waals surface area contributed by atoms with Crippen molar-refractivity contribution in [3.63, 3.8) is 0 Å². The topological polar surface area (TPSA) is 35.6 Å². The van der Waals surface area contributed by atoms with Crippen LogP contribution in [0.3, 0.4) is 0 Å². The van der Waals surface area contributed by atoms with Crippen LogP contribution in [0.15, 0.2) is 53.4 Å². The van der Waals surface area contributed by atoms with Crippen molar-refractivity contribution in [1.29, 1.82) is 0 Å². The Morgan fingerprint density at radius 3 is 2.48 bits per heavy atom. The van der Waals surface area contributed by atoms with Crippen LogP contribution >= 0.6 is 11.8 Å². The molecule has 0 spiro atoms. The van der Waals surface area contributed by atoms with Gasteiger partial charge in [0.2, 0.25) is 5.91 Å². The second-order valence-electron chi connectivity index (χ2n) is 7.13. The van der Waals surface area contributed by atoms with E-state index >= 15 is 0 Å². The fourth-order valence-corrected chi connectivity index (χ4v) is 3.96. The predicted molar refractivity (Wildman–Crippen MR) is 116 cm³/mol. The Kier molecular flexibility index (Phi) is 7.18. The number of hydrogen-bond acceptors (Lipinski definition) is 4. The number of likely N-dealkylation sites (N-methyl/N-ethyl adjacent to an activating group) is 1. The number of benzene rings is 2. The average Bonchev–Trinajstić information content (AvgIpc) is 2.69. The van der Waals surface area contributed by atoms with Gasteiger partial charge >= 0.3 is 0 Å². The summed E-state index contributed by atoms with van der Waals surface area (Å²) < 4.78 is 0. The second kappa shape index (κ2) is 9.81.